The Bertz CT molecular complexity index is 755. The molecule has 23 heavy (non-hydrogen) atoms. The monoisotopic (exact) mass is 300 g/mol. The summed E-state index contributed by atoms with van der Waals surface area (Å²) in [7, 11) is -1.49. The normalized spacial score (nSPS) is 10.2. The Labute approximate surface area is 136 Å². The van der Waals surface area contributed by atoms with Gasteiger partial charge in [-0.1, -0.05) is 84.9 Å². The maximum absolute atomic E-state index is 9.58. The van der Waals surface area contributed by atoms with Crippen LogP contribution >= 0.6 is 0 Å². The zero-order valence-corrected chi connectivity index (χ0v) is 12.6. The maximum atomic E-state index is 9.58. The van der Waals surface area contributed by atoms with Crippen LogP contribution in [0.2, 0.25) is 0 Å². The quantitative estimate of drug-likeness (QED) is 0.574. The van der Waals surface area contributed by atoms with E-state index in [9.17, 15) is 10.0 Å². The second-order valence-corrected chi connectivity index (χ2v) is 5.29. The Morgan fingerprint density at radius 2 is 1.13 bits per heavy atom. The molecule has 2 nitrogen and oxygen atoms in total. The van der Waals surface area contributed by atoms with Gasteiger partial charge in [0.25, 0.3) is 0 Å². The van der Waals surface area contributed by atoms with Crippen molar-refractivity contribution in [3.8, 4) is 0 Å². The predicted molar refractivity (Wildman–Crippen MR) is 96.1 cm³/mol. The number of benzene rings is 3. The van der Waals surface area contributed by atoms with E-state index >= 15 is 0 Å². The van der Waals surface area contributed by atoms with Crippen LogP contribution in [-0.2, 0) is 0 Å². The molecule has 0 radical (unpaired) electrons. The lowest BCUT2D eigenvalue weighted by molar-refractivity contribution is 0.425. The van der Waals surface area contributed by atoms with Gasteiger partial charge in [0.05, 0.1) is 0 Å². The van der Waals surface area contributed by atoms with Crippen LogP contribution in [0.5, 0.6) is 0 Å². The molecule has 0 aliphatic carbocycles. The first kappa shape index (κ1) is 15.3. The topological polar surface area (TPSA) is 40.5 Å². The van der Waals surface area contributed by atoms with Crippen molar-refractivity contribution >= 4 is 24.2 Å². The molecular weight excluding hydrogens is 283 g/mol. The van der Waals surface area contributed by atoms with E-state index in [-0.39, 0.29) is 0 Å². The Kier molecular flexibility index (Phi) is 4.72. The van der Waals surface area contributed by atoms with Crippen LogP contribution in [0, 0.1) is 0 Å². The number of hydrogen-bond donors (Lipinski definition) is 2. The van der Waals surface area contributed by atoms with Gasteiger partial charge in [-0.3, -0.25) is 0 Å². The van der Waals surface area contributed by atoms with E-state index in [2.05, 4.69) is 24.3 Å². The highest BCUT2D eigenvalue weighted by Crippen LogP contribution is 2.25. The third kappa shape index (κ3) is 3.59. The molecule has 2 N–H and O–H groups in total. The van der Waals surface area contributed by atoms with E-state index in [1.54, 1.807) is 12.1 Å². The summed E-state index contributed by atoms with van der Waals surface area (Å²) in [5.74, 6) is 0. The molecule has 3 aromatic carbocycles. The van der Waals surface area contributed by atoms with E-state index in [0.29, 0.717) is 5.46 Å². The van der Waals surface area contributed by atoms with Crippen LogP contribution in [0.15, 0.2) is 84.9 Å². The highest BCUT2D eigenvalue weighted by atomic mass is 16.4. The fourth-order valence-electron chi connectivity index (χ4n) is 2.60. The summed E-state index contributed by atoms with van der Waals surface area (Å²) in [5, 5.41) is 19.2. The molecule has 0 fully saturated rings. The predicted octanol–water partition coefficient (Wildman–Crippen LogP) is 2.96. The summed E-state index contributed by atoms with van der Waals surface area (Å²) in [4.78, 5) is 0. The lowest BCUT2D eigenvalue weighted by Crippen LogP contribution is -2.31. The Hall–Kier alpha value is -2.62. The average molecular weight is 300 g/mol. The fourth-order valence-corrected chi connectivity index (χ4v) is 2.60. The van der Waals surface area contributed by atoms with Gasteiger partial charge >= 0.3 is 7.12 Å². The van der Waals surface area contributed by atoms with Gasteiger partial charge in [0.2, 0.25) is 0 Å². The lowest BCUT2D eigenvalue weighted by atomic mass is 9.76. The van der Waals surface area contributed by atoms with Crippen LogP contribution in [0.1, 0.15) is 16.7 Å². The molecule has 3 heteroatoms. The standard InChI is InChI=1S/C20H17BO2/c22-21(23)20-14-8-7-13-18(20)15-19(16-9-3-1-4-10-16)17-11-5-2-6-12-17/h1-15,22-23H. The second kappa shape index (κ2) is 7.10. The Balaban J connectivity index is 2.17. The molecule has 3 rings (SSSR count). The summed E-state index contributed by atoms with van der Waals surface area (Å²) in [6.45, 7) is 0. The van der Waals surface area contributed by atoms with Crippen LogP contribution in [-0.4, -0.2) is 17.2 Å². The highest BCUT2D eigenvalue weighted by Gasteiger charge is 2.15. The van der Waals surface area contributed by atoms with E-state index in [0.717, 1.165) is 22.3 Å². The lowest BCUT2D eigenvalue weighted by Gasteiger charge is -2.11. The Morgan fingerprint density at radius 3 is 1.65 bits per heavy atom. The Morgan fingerprint density at radius 1 is 0.652 bits per heavy atom. The first-order valence-electron chi connectivity index (χ1n) is 7.53. The zero-order chi connectivity index (χ0) is 16.1. The summed E-state index contributed by atoms with van der Waals surface area (Å²) in [6.07, 6.45) is 2.00. The van der Waals surface area contributed by atoms with Crippen LogP contribution in [0.3, 0.4) is 0 Å². The van der Waals surface area contributed by atoms with Gasteiger partial charge in [-0.05, 0) is 33.8 Å². The molecule has 0 heterocycles. The van der Waals surface area contributed by atoms with Gasteiger partial charge < -0.3 is 10.0 Å². The summed E-state index contributed by atoms with van der Waals surface area (Å²) in [5.41, 5.74) is 4.50. The van der Waals surface area contributed by atoms with Gasteiger partial charge in [0.15, 0.2) is 0 Å². The number of rotatable bonds is 4. The molecule has 0 aromatic heterocycles. The SMILES string of the molecule is OB(O)c1ccccc1C=C(c1ccccc1)c1ccccc1. The minimum Gasteiger partial charge on any atom is -0.423 e. The van der Waals surface area contributed by atoms with Crippen molar-refractivity contribution < 1.29 is 10.0 Å². The van der Waals surface area contributed by atoms with Crippen molar-refractivity contribution in [3.63, 3.8) is 0 Å². The molecular formula is C20H17BO2. The van der Waals surface area contributed by atoms with E-state index in [1.807, 2.05) is 54.6 Å². The van der Waals surface area contributed by atoms with Crippen molar-refractivity contribution in [1.82, 2.24) is 0 Å². The molecule has 0 saturated carbocycles. The van der Waals surface area contributed by atoms with Crippen molar-refractivity contribution in [2.75, 3.05) is 0 Å². The summed E-state index contributed by atoms with van der Waals surface area (Å²) in [6, 6.07) is 27.5. The van der Waals surface area contributed by atoms with Gasteiger partial charge in [-0.15, -0.1) is 0 Å². The van der Waals surface area contributed by atoms with Gasteiger partial charge in [-0.25, -0.2) is 0 Å². The summed E-state index contributed by atoms with van der Waals surface area (Å²) >= 11 is 0. The van der Waals surface area contributed by atoms with Crippen molar-refractivity contribution in [3.05, 3.63) is 102 Å². The van der Waals surface area contributed by atoms with Crippen molar-refractivity contribution in [2.45, 2.75) is 0 Å². The average Bonchev–Trinajstić information content (AvgIpc) is 2.61. The number of hydrogen-bond acceptors (Lipinski definition) is 2. The fraction of sp³-hybridized carbons (Fsp3) is 0. The molecule has 0 atom stereocenters. The highest BCUT2D eigenvalue weighted by molar-refractivity contribution is 6.59. The minimum atomic E-state index is -1.49. The largest absolute Gasteiger partial charge is 0.489 e. The van der Waals surface area contributed by atoms with E-state index < -0.39 is 7.12 Å². The first-order chi connectivity index (χ1) is 11.3. The zero-order valence-electron chi connectivity index (χ0n) is 12.6. The van der Waals surface area contributed by atoms with E-state index in [1.165, 1.54) is 0 Å². The molecule has 0 unspecified atom stereocenters. The van der Waals surface area contributed by atoms with Crippen LogP contribution < -0.4 is 5.46 Å². The molecule has 0 aliphatic heterocycles. The molecule has 0 saturated heterocycles. The van der Waals surface area contributed by atoms with Gasteiger partial charge in [0.1, 0.15) is 0 Å². The molecule has 112 valence electrons. The molecule has 0 amide bonds. The van der Waals surface area contributed by atoms with Gasteiger partial charge in [0, 0.05) is 0 Å². The van der Waals surface area contributed by atoms with Crippen LogP contribution in [0.25, 0.3) is 11.6 Å². The third-order valence-electron chi connectivity index (χ3n) is 3.74. The smallest absolute Gasteiger partial charge is 0.423 e. The minimum absolute atomic E-state index is 0.497. The van der Waals surface area contributed by atoms with Crippen molar-refractivity contribution in [2.24, 2.45) is 0 Å². The maximum Gasteiger partial charge on any atom is 0.489 e. The molecule has 0 aliphatic rings. The van der Waals surface area contributed by atoms with Crippen LogP contribution in [0.4, 0.5) is 0 Å². The molecule has 0 spiro atoms. The first-order valence-corrected chi connectivity index (χ1v) is 7.53. The van der Waals surface area contributed by atoms with E-state index in [4.69, 9.17) is 0 Å². The van der Waals surface area contributed by atoms with Crippen molar-refractivity contribution in [1.29, 1.82) is 0 Å². The second-order valence-electron chi connectivity index (χ2n) is 5.29. The molecule has 0 bridgehead atoms. The van der Waals surface area contributed by atoms with Gasteiger partial charge in [-0.2, -0.15) is 0 Å². The summed E-state index contributed by atoms with van der Waals surface area (Å²) < 4.78 is 0. The third-order valence-corrected chi connectivity index (χ3v) is 3.74. The molecule has 3 aromatic rings.